The van der Waals surface area contributed by atoms with Crippen molar-refractivity contribution in [2.24, 2.45) is 0 Å². The zero-order valence-electron chi connectivity index (χ0n) is 11.0. The second-order valence-electron chi connectivity index (χ2n) is 4.24. The molecule has 5 nitrogen and oxygen atoms in total. The van der Waals surface area contributed by atoms with Crippen LogP contribution in [0.5, 0.6) is 17.2 Å². The molecule has 0 unspecified atom stereocenters. The van der Waals surface area contributed by atoms with Crippen LogP contribution in [0.2, 0.25) is 0 Å². The minimum Gasteiger partial charge on any atom is -0.494 e. The van der Waals surface area contributed by atoms with Gasteiger partial charge in [-0.1, -0.05) is 0 Å². The van der Waals surface area contributed by atoms with Gasteiger partial charge in [-0.15, -0.1) is 0 Å². The molecule has 3 rings (SSSR count). The van der Waals surface area contributed by atoms with Gasteiger partial charge >= 0.3 is 0 Å². The summed E-state index contributed by atoms with van der Waals surface area (Å²) in [6, 6.07) is 8.53. The quantitative estimate of drug-likeness (QED) is 0.800. The lowest BCUT2D eigenvalue weighted by Crippen LogP contribution is -2.16. The van der Waals surface area contributed by atoms with E-state index in [1.807, 2.05) is 0 Å². The second kappa shape index (κ2) is 5.21. The SMILES string of the molecule is COc1cccnc1C(=O)c1ccc2c(c1)OCCO2. The highest BCUT2D eigenvalue weighted by Gasteiger charge is 2.19. The molecule has 0 amide bonds. The van der Waals surface area contributed by atoms with E-state index in [2.05, 4.69) is 4.98 Å². The number of carbonyl (C=O) groups is 1. The van der Waals surface area contributed by atoms with Crippen LogP contribution < -0.4 is 14.2 Å². The fraction of sp³-hybridized carbons (Fsp3) is 0.200. The Kier molecular flexibility index (Phi) is 3.25. The van der Waals surface area contributed by atoms with Gasteiger partial charge in [-0.25, -0.2) is 4.98 Å². The van der Waals surface area contributed by atoms with E-state index in [-0.39, 0.29) is 11.5 Å². The van der Waals surface area contributed by atoms with Crippen LogP contribution in [-0.2, 0) is 0 Å². The molecular weight excluding hydrogens is 258 g/mol. The van der Waals surface area contributed by atoms with Gasteiger partial charge in [0.2, 0.25) is 5.78 Å². The van der Waals surface area contributed by atoms with Gasteiger partial charge in [0, 0.05) is 11.8 Å². The van der Waals surface area contributed by atoms with E-state index in [9.17, 15) is 4.79 Å². The Morgan fingerprint density at radius 1 is 1.20 bits per heavy atom. The van der Waals surface area contributed by atoms with Crippen molar-refractivity contribution >= 4 is 5.78 Å². The molecule has 1 aromatic heterocycles. The van der Waals surface area contributed by atoms with Crippen LogP contribution in [0.3, 0.4) is 0 Å². The first-order chi connectivity index (χ1) is 9.79. The van der Waals surface area contributed by atoms with Crippen LogP contribution in [0.25, 0.3) is 0 Å². The largest absolute Gasteiger partial charge is 0.494 e. The highest BCUT2D eigenvalue weighted by molar-refractivity contribution is 6.09. The van der Waals surface area contributed by atoms with Crippen molar-refractivity contribution in [1.82, 2.24) is 4.98 Å². The smallest absolute Gasteiger partial charge is 0.215 e. The second-order valence-corrected chi connectivity index (χ2v) is 4.24. The molecule has 0 saturated carbocycles. The Balaban J connectivity index is 1.98. The van der Waals surface area contributed by atoms with E-state index in [1.165, 1.54) is 7.11 Å². The minimum absolute atomic E-state index is 0.209. The number of rotatable bonds is 3. The number of ether oxygens (including phenoxy) is 3. The fourth-order valence-corrected chi connectivity index (χ4v) is 2.05. The molecule has 0 bridgehead atoms. The van der Waals surface area contributed by atoms with Crippen molar-refractivity contribution in [2.75, 3.05) is 20.3 Å². The zero-order valence-corrected chi connectivity index (χ0v) is 11.0. The summed E-state index contributed by atoms with van der Waals surface area (Å²) in [5.41, 5.74) is 0.776. The van der Waals surface area contributed by atoms with Crippen molar-refractivity contribution < 1.29 is 19.0 Å². The first-order valence-electron chi connectivity index (χ1n) is 6.23. The summed E-state index contributed by atoms with van der Waals surface area (Å²) in [7, 11) is 1.51. The molecule has 1 aromatic carbocycles. The first kappa shape index (κ1) is 12.5. The molecule has 102 valence electrons. The third-order valence-electron chi connectivity index (χ3n) is 3.01. The maximum Gasteiger partial charge on any atom is 0.215 e. The Bertz CT molecular complexity index is 654. The summed E-state index contributed by atoms with van der Waals surface area (Å²) in [5, 5.41) is 0. The Morgan fingerprint density at radius 3 is 2.80 bits per heavy atom. The van der Waals surface area contributed by atoms with Crippen molar-refractivity contribution in [3.05, 3.63) is 47.8 Å². The molecule has 0 atom stereocenters. The van der Waals surface area contributed by atoms with Crippen molar-refractivity contribution in [1.29, 1.82) is 0 Å². The summed E-state index contributed by atoms with van der Waals surface area (Å²) in [6.07, 6.45) is 1.56. The van der Waals surface area contributed by atoms with E-state index in [4.69, 9.17) is 14.2 Å². The standard InChI is InChI=1S/C15H13NO4/c1-18-12-3-2-6-16-14(12)15(17)10-4-5-11-13(9-10)20-8-7-19-11/h2-6,9H,7-8H2,1H3. The number of hydrogen-bond donors (Lipinski definition) is 0. The molecule has 5 heteroatoms. The van der Waals surface area contributed by atoms with Crippen LogP contribution >= 0.6 is 0 Å². The third-order valence-corrected chi connectivity index (χ3v) is 3.01. The lowest BCUT2D eigenvalue weighted by Gasteiger charge is -2.18. The maximum absolute atomic E-state index is 12.5. The summed E-state index contributed by atoms with van der Waals surface area (Å²) in [5.74, 6) is 1.48. The predicted octanol–water partition coefficient (Wildman–Crippen LogP) is 2.09. The van der Waals surface area contributed by atoms with Crippen LogP contribution in [0, 0.1) is 0 Å². The van der Waals surface area contributed by atoms with Gasteiger partial charge in [0.15, 0.2) is 17.2 Å². The van der Waals surface area contributed by atoms with Gasteiger partial charge in [-0.05, 0) is 30.3 Å². The van der Waals surface area contributed by atoms with Crippen LogP contribution in [0.1, 0.15) is 16.1 Å². The lowest BCUT2D eigenvalue weighted by molar-refractivity contribution is 0.103. The fourth-order valence-electron chi connectivity index (χ4n) is 2.05. The van der Waals surface area contributed by atoms with Gasteiger partial charge in [0.05, 0.1) is 7.11 Å². The number of hydrogen-bond acceptors (Lipinski definition) is 5. The van der Waals surface area contributed by atoms with E-state index < -0.39 is 0 Å². The topological polar surface area (TPSA) is 57.7 Å². The maximum atomic E-state index is 12.5. The summed E-state index contributed by atoms with van der Waals surface area (Å²) in [4.78, 5) is 16.6. The molecule has 0 fully saturated rings. The van der Waals surface area contributed by atoms with Gasteiger partial charge < -0.3 is 14.2 Å². The molecule has 1 aliphatic rings. The number of ketones is 1. The number of carbonyl (C=O) groups excluding carboxylic acids is 1. The molecule has 2 aromatic rings. The zero-order chi connectivity index (χ0) is 13.9. The number of nitrogens with zero attached hydrogens (tertiary/aromatic N) is 1. The molecule has 0 N–H and O–H groups in total. The average molecular weight is 271 g/mol. The molecule has 0 saturated heterocycles. The van der Waals surface area contributed by atoms with Crippen molar-refractivity contribution in [3.63, 3.8) is 0 Å². The Morgan fingerprint density at radius 2 is 2.00 bits per heavy atom. The van der Waals surface area contributed by atoms with Gasteiger partial charge in [0.25, 0.3) is 0 Å². The molecule has 0 aliphatic carbocycles. The third kappa shape index (κ3) is 2.18. The molecule has 1 aliphatic heterocycles. The summed E-state index contributed by atoms with van der Waals surface area (Å²) < 4.78 is 16.1. The number of methoxy groups -OCH3 is 1. The highest BCUT2D eigenvalue weighted by Crippen LogP contribution is 2.32. The molecular formula is C15H13NO4. The van der Waals surface area contributed by atoms with Gasteiger partial charge in [-0.2, -0.15) is 0 Å². The molecule has 20 heavy (non-hydrogen) atoms. The summed E-state index contributed by atoms with van der Waals surface area (Å²) in [6.45, 7) is 1.01. The highest BCUT2D eigenvalue weighted by atomic mass is 16.6. The van der Waals surface area contributed by atoms with Gasteiger partial charge in [-0.3, -0.25) is 4.79 Å². The Labute approximate surface area is 116 Å². The van der Waals surface area contributed by atoms with Crippen LogP contribution in [-0.4, -0.2) is 31.1 Å². The van der Waals surface area contributed by atoms with E-state index >= 15 is 0 Å². The predicted molar refractivity (Wildman–Crippen MR) is 71.7 cm³/mol. The van der Waals surface area contributed by atoms with Crippen LogP contribution in [0.4, 0.5) is 0 Å². The number of benzene rings is 1. The number of aromatic nitrogens is 1. The molecule has 0 spiro atoms. The van der Waals surface area contributed by atoms with Crippen LogP contribution in [0.15, 0.2) is 36.5 Å². The first-order valence-corrected chi connectivity index (χ1v) is 6.23. The van der Waals surface area contributed by atoms with Crippen molar-refractivity contribution in [3.8, 4) is 17.2 Å². The molecule has 2 heterocycles. The summed E-state index contributed by atoms with van der Waals surface area (Å²) >= 11 is 0. The monoisotopic (exact) mass is 271 g/mol. The van der Waals surface area contributed by atoms with Gasteiger partial charge in [0.1, 0.15) is 19.0 Å². The number of pyridine rings is 1. The normalized spacial score (nSPS) is 12.8. The molecule has 0 radical (unpaired) electrons. The average Bonchev–Trinajstić information content (AvgIpc) is 2.53. The Hall–Kier alpha value is -2.56. The van der Waals surface area contributed by atoms with Crippen molar-refractivity contribution in [2.45, 2.75) is 0 Å². The lowest BCUT2D eigenvalue weighted by atomic mass is 10.1. The van der Waals surface area contributed by atoms with E-state index in [0.717, 1.165) is 0 Å². The van der Waals surface area contributed by atoms with E-state index in [1.54, 1.807) is 36.5 Å². The minimum atomic E-state index is -0.209. The number of fused-ring (bicyclic) bond motifs is 1. The van der Waals surface area contributed by atoms with E-state index in [0.29, 0.717) is 36.0 Å².